The van der Waals surface area contributed by atoms with E-state index in [9.17, 15) is 9.59 Å². The molecule has 0 radical (unpaired) electrons. The minimum atomic E-state index is -0.0459. The molecule has 24 heavy (non-hydrogen) atoms. The topological polar surface area (TPSA) is 37.4 Å². The largest absolute Gasteiger partial charge is 0.342 e. The Kier molecular flexibility index (Phi) is 5.75. The van der Waals surface area contributed by atoms with Gasteiger partial charge in [0.25, 0.3) is 5.91 Å². The fourth-order valence-corrected chi connectivity index (χ4v) is 4.90. The van der Waals surface area contributed by atoms with Crippen LogP contribution in [0.2, 0.25) is 18.0 Å². The number of amides is 1. The summed E-state index contributed by atoms with van der Waals surface area (Å²) in [5.41, 5.74) is 0.994. The molecule has 0 aromatic heterocycles. The molecule has 2 unspecified atom stereocenters. The van der Waals surface area contributed by atoms with E-state index >= 15 is 0 Å². The van der Waals surface area contributed by atoms with Crippen LogP contribution in [-0.4, -0.2) is 37.4 Å². The summed E-state index contributed by atoms with van der Waals surface area (Å²) in [5, 5.41) is 0. The molecule has 0 aliphatic carbocycles. The first-order valence-corrected chi connectivity index (χ1v) is 9.50. The van der Waals surface area contributed by atoms with E-state index < -0.39 is 0 Å². The number of rotatable bonds is 7. The molecule has 3 rings (SSSR count). The second kappa shape index (κ2) is 8.00. The van der Waals surface area contributed by atoms with Crippen molar-refractivity contribution in [3.05, 3.63) is 35.4 Å². The SMILES string of the molecule is CN(CCCCB1C2CCCC1CC2)C(=O)c1ccccc1C=O. The number of nitrogens with zero attached hydrogens (tertiary/aromatic N) is 1. The minimum Gasteiger partial charge on any atom is -0.342 e. The van der Waals surface area contributed by atoms with Crippen molar-refractivity contribution in [1.82, 2.24) is 4.90 Å². The third kappa shape index (κ3) is 3.74. The maximum atomic E-state index is 12.5. The number of carbonyl (C=O) groups is 2. The summed E-state index contributed by atoms with van der Waals surface area (Å²) in [7, 11) is 1.84. The number of hydrogen-bond donors (Lipinski definition) is 0. The Labute approximate surface area is 145 Å². The van der Waals surface area contributed by atoms with E-state index in [0.29, 0.717) is 11.1 Å². The lowest BCUT2D eigenvalue weighted by Gasteiger charge is -2.27. The van der Waals surface area contributed by atoms with Crippen LogP contribution < -0.4 is 0 Å². The normalized spacial score (nSPS) is 22.5. The van der Waals surface area contributed by atoms with Crippen LogP contribution in [-0.2, 0) is 0 Å². The van der Waals surface area contributed by atoms with Gasteiger partial charge in [-0.05, 0) is 12.5 Å². The smallest absolute Gasteiger partial charge is 0.254 e. The maximum absolute atomic E-state index is 12.5. The van der Waals surface area contributed by atoms with E-state index in [4.69, 9.17) is 0 Å². The van der Waals surface area contributed by atoms with Gasteiger partial charge in [-0.1, -0.05) is 74.7 Å². The lowest BCUT2D eigenvalue weighted by Crippen LogP contribution is -2.29. The van der Waals surface area contributed by atoms with E-state index in [0.717, 1.165) is 37.6 Å². The highest BCUT2D eigenvalue weighted by molar-refractivity contribution is 6.63. The van der Waals surface area contributed by atoms with Crippen LogP contribution in [0.15, 0.2) is 24.3 Å². The van der Waals surface area contributed by atoms with Crippen LogP contribution in [0.4, 0.5) is 0 Å². The van der Waals surface area contributed by atoms with Gasteiger partial charge in [0.05, 0.1) is 5.56 Å². The summed E-state index contributed by atoms with van der Waals surface area (Å²) in [4.78, 5) is 25.3. The van der Waals surface area contributed by atoms with E-state index in [2.05, 4.69) is 0 Å². The molecule has 2 saturated heterocycles. The average Bonchev–Trinajstić information content (AvgIpc) is 2.84. The zero-order valence-corrected chi connectivity index (χ0v) is 14.7. The molecule has 2 aliphatic rings. The Morgan fingerprint density at radius 1 is 1.17 bits per heavy atom. The summed E-state index contributed by atoms with van der Waals surface area (Å²) in [6.45, 7) is 1.73. The molecule has 2 heterocycles. The fourth-order valence-electron chi connectivity index (χ4n) is 4.90. The molecule has 0 saturated carbocycles. The number of aldehydes is 1. The Bertz CT molecular complexity index is 573. The van der Waals surface area contributed by atoms with Gasteiger partial charge < -0.3 is 4.90 Å². The highest BCUT2D eigenvalue weighted by Crippen LogP contribution is 2.50. The summed E-state index contributed by atoms with van der Waals surface area (Å²) < 4.78 is 0. The van der Waals surface area contributed by atoms with Crippen LogP contribution in [0.1, 0.15) is 65.7 Å². The monoisotopic (exact) mass is 325 g/mol. The first-order valence-electron chi connectivity index (χ1n) is 9.50. The van der Waals surface area contributed by atoms with Crippen molar-refractivity contribution < 1.29 is 9.59 Å². The summed E-state index contributed by atoms with van der Waals surface area (Å²) >= 11 is 0. The van der Waals surface area contributed by atoms with Crippen LogP contribution in [0.3, 0.4) is 0 Å². The number of fused-ring (bicyclic) bond motifs is 2. The first kappa shape index (κ1) is 17.3. The molecular formula is C20H28BNO2. The zero-order valence-electron chi connectivity index (χ0n) is 14.7. The molecule has 1 aromatic carbocycles. The molecule has 1 aromatic rings. The zero-order chi connectivity index (χ0) is 16.9. The van der Waals surface area contributed by atoms with Crippen LogP contribution in [0.5, 0.6) is 0 Å². The number of benzene rings is 1. The van der Waals surface area contributed by atoms with Gasteiger partial charge in [0.2, 0.25) is 0 Å². The lowest BCUT2D eigenvalue weighted by atomic mass is 9.32. The highest BCUT2D eigenvalue weighted by atomic mass is 16.2. The molecule has 2 atom stereocenters. The fraction of sp³-hybridized carbons (Fsp3) is 0.600. The number of carbonyl (C=O) groups excluding carboxylic acids is 2. The third-order valence-electron chi connectivity index (χ3n) is 6.21. The molecule has 1 amide bonds. The maximum Gasteiger partial charge on any atom is 0.254 e. The first-order chi connectivity index (χ1) is 11.7. The molecule has 2 fully saturated rings. The predicted molar refractivity (Wildman–Crippen MR) is 99.2 cm³/mol. The third-order valence-corrected chi connectivity index (χ3v) is 6.21. The van der Waals surface area contributed by atoms with Gasteiger partial charge in [-0.3, -0.25) is 9.59 Å². The van der Waals surface area contributed by atoms with Gasteiger partial charge in [-0.2, -0.15) is 0 Å². The van der Waals surface area contributed by atoms with Gasteiger partial charge in [0, 0.05) is 19.2 Å². The molecule has 0 spiro atoms. The predicted octanol–water partition coefficient (Wildman–Crippen LogP) is 4.56. The molecule has 128 valence electrons. The highest BCUT2D eigenvalue weighted by Gasteiger charge is 2.40. The Balaban J connectivity index is 1.45. The molecule has 4 heteroatoms. The lowest BCUT2D eigenvalue weighted by molar-refractivity contribution is 0.0790. The molecular weight excluding hydrogens is 297 g/mol. The van der Waals surface area contributed by atoms with Gasteiger partial charge in [0.1, 0.15) is 6.71 Å². The van der Waals surface area contributed by atoms with Crippen molar-refractivity contribution in [2.24, 2.45) is 0 Å². The summed E-state index contributed by atoms with van der Waals surface area (Å²) in [5.74, 6) is 1.93. The Morgan fingerprint density at radius 2 is 1.88 bits per heavy atom. The second-order valence-corrected chi connectivity index (χ2v) is 7.62. The van der Waals surface area contributed by atoms with E-state index in [1.165, 1.54) is 44.8 Å². The van der Waals surface area contributed by atoms with Gasteiger partial charge in [-0.15, -0.1) is 0 Å². The quantitative estimate of drug-likeness (QED) is 0.418. The van der Waals surface area contributed by atoms with Crippen molar-refractivity contribution in [3.63, 3.8) is 0 Å². The van der Waals surface area contributed by atoms with E-state index in [1.807, 2.05) is 13.1 Å². The minimum absolute atomic E-state index is 0.0459. The van der Waals surface area contributed by atoms with Crippen molar-refractivity contribution in [3.8, 4) is 0 Å². The van der Waals surface area contributed by atoms with Crippen LogP contribution in [0.25, 0.3) is 0 Å². The van der Waals surface area contributed by atoms with Gasteiger partial charge >= 0.3 is 0 Å². The standard InChI is InChI=1S/C20H28BNO2/c1-22(20(24)19-10-3-2-7-16(19)15-23)14-5-4-13-21-17-8-6-9-18(21)12-11-17/h2-3,7,10,15,17-18H,4-6,8-9,11-14H2,1H3. The molecule has 3 nitrogen and oxygen atoms in total. The average molecular weight is 325 g/mol. The second-order valence-electron chi connectivity index (χ2n) is 7.62. The molecule has 2 aliphatic heterocycles. The number of hydrogen-bond acceptors (Lipinski definition) is 2. The van der Waals surface area contributed by atoms with Gasteiger partial charge in [-0.25, -0.2) is 0 Å². The number of unbranched alkanes of at least 4 members (excludes halogenated alkanes) is 1. The van der Waals surface area contributed by atoms with Crippen molar-refractivity contribution in [2.75, 3.05) is 13.6 Å². The summed E-state index contributed by atoms with van der Waals surface area (Å²) in [6.07, 6.45) is 11.6. The van der Waals surface area contributed by atoms with E-state index in [-0.39, 0.29) is 5.91 Å². The Morgan fingerprint density at radius 3 is 2.58 bits per heavy atom. The molecule has 2 bridgehead atoms. The Hall–Kier alpha value is -1.58. The van der Waals surface area contributed by atoms with Crippen LogP contribution in [0, 0.1) is 0 Å². The van der Waals surface area contributed by atoms with Crippen molar-refractivity contribution >= 4 is 18.9 Å². The van der Waals surface area contributed by atoms with Crippen LogP contribution >= 0.6 is 0 Å². The van der Waals surface area contributed by atoms with Crippen molar-refractivity contribution in [1.29, 1.82) is 0 Å². The van der Waals surface area contributed by atoms with E-state index in [1.54, 1.807) is 23.1 Å². The van der Waals surface area contributed by atoms with Gasteiger partial charge in [0.15, 0.2) is 6.29 Å². The summed E-state index contributed by atoms with van der Waals surface area (Å²) in [6, 6.07) is 7.04. The molecule has 0 N–H and O–H groups in total. The van der Waals surface area contributed by atoms with Crippen molar-refractivity contribution in [2.45, 2.75) is 62.9 Å².